The summed E-state index contributed by atoms with van der Waals surface area (Å²) in [5.74, 6) is -5.65. The van der Waals surface area contributed by atoms with Crippen LogP contribution < -0.4 is 5.32 Å². The highest BCUT2D eigenvalue weighted by Crippen LogP contribution is 2.29. The molecule has 0 spiro atoms. The molecular formula is C11H11F4NO. The highest BCUT2D eigenvalue weighted by Gasteiger charge is 2.34. The number of anilines is 1. The van der Waals surface area contributed by atoms with Crippen LogP contribution in [-0.4, -0.2) is 19.8 Å². The second kappa shape index (κ2) is 4.18. The number of benzene rings is 1. The molecule has 1 fully saturated rings. The van der Waals surface area contributed by atoms with Crippen LogP contribution in [0.1, 0.15) is 6.92 Å². The number of rotatable bonds is 3. The maximum Gasteiger partial charge on any atom is 0.185 e. The average molecular weight is 249 g/mol. The van der Waals surface area contributed by atoms with E-state index in [1.807, 2.05) is 6.92 Å². The first-order valence-electron chi connectivity index (χ1n) is 5.07. The van der Waals surface area contributed by atoms with Crippen LogP contribution in [-0.2, 0) is 4.74 Å². The fraction of sp³-hybridized carbons (Fsp3) is 0.455. The van der Waals surface area contributed by atoms with E-state index >= 15 is 0 Å². The largest absolute Gasteiger partial charge is 0.380 e. The molecule has 1 aromatic rings. The standard InChI is InChI=1S/C11H11F4NO/c1-11(4-17-5-11)3-16-10-8(14)6(12)2-7(13)9(10)15/h2,16H,3-5H2,1H3. The Hall–Kier alpha value is -1.30. The van der Waals surface area contributed by atoms with E-state index in [0.717, 1.165) is 0 Å². The van der Waals surface area contributed by atoms with Crippen LogP contribution in [0.25, 0.3) is 0 Å². The van der Waals surface area contributed by atoms with Crippen molar-refractivity contribution < 1.29 is 22.3 Å². The molecule has 0 unspecified atom stereocenters. The normalized spacial score (nSPS) is 17.7. The molecule has 94 valence electrons. The summed E-state index contributed by atoms with van der Waals surface area (Å²) in [6.45, 7) is 2.92. The highest BCUT2D eigenvalue weighted by molar-refractivity contribution is 5.47. The first kappa shape index (κ1) is 12.2. The SMILES string of the molecule is CC1(CNc2c(F)c(F)cc(F)c2F)COC1. The van der Waals surface area contributed by atoms with Crippen LogP contribution >= 0.6 is 0 Å². The van der Waals surface area contributed by atoms with E-state index < -0.39 is 29.0 Å². The van der Waals surface area contributed by atoms with Crippen molar-refractivity contribution in [3.05, 3.63) is 29.3 Å². The zero-order valence-electron chi connectivity index (χ0n) is 9.12. The number of ether oxygens (including phenoxy) is 1. The molecule has 0 radical (unpaired) electrons. The Morgan fingerprint density at radius 2 is 1.71 bits per heavy atom. The molecule has 0 saturated carbocycles. The lowest BCUT2D eigenvalue weighted by molar-refractivity contribution is -0.0925. The molecule has 6 heteroatoms. The Bertz CT molecular complexity index is 419. The Morgan fingerprint density at radius 1 is 1.18 bits per heavy atom. The molecule has 1 aliphatic heterocycles. The van der Waals surface area contributed by atoms with Gasteiger partial charge in [0.1, 0.15) is 5.69 Å². The molecule has 1 aliphatic rings. The summed E-state index contributed by atoms with van der Waals surface area (Å²) in [6.07, 6.45) is 0. The van der Waals surface area contributed by atoms with E-state index in [0.29, 0.717) is 13.2 Å². The van der Waals surface area contributed by atoms with Gasteiger partial charge in [-0.1, -0.05) is 6.92 Å². The second-order valence-corrected chi connectivity index (χ2v) is 4.50. The zero-order valence-corrected chi connectivity index (χ0v) is 9.12. The van der Waals surface area contributed by atoms with Gasteiger partial charge in [0.05, 0.1) is 13.2 Å². The molecule has 0 atom stereocenters. The Morgan fingerprint density at radius 3 is 2.12 bits per heavy atom. The van der Waals surface area contributed by atoms with Crippen molar-refractivity contribution in [3.8, 4) is 0 Å². The van der Waals surface area contributed by atoms with E-state index in [-0.39, 0.29) is 18.0 Å². The highest BCUT2D eigenvalue weighted by atomic mass is 19.2. The van der Waals surface area contributed by atoms with Crippen LogP contribution in [0.3, 0.4) is 0 Å². The Balaban J connectivity index is 2.20. The maximum absolute atomic E-state index is 13.3. The molecule has 2 nitrogen and oxygen atoms in total. The van der Waals surface area contributed by atoms with Crippen LogP contribution in [0, 0.1) is 28.7 Å². The number of halogens is 4. The van der Waals surface area contributed by atoms with Crippen LogP contribution in [0.15, 0.2) is 6.07 Å². The Labute approximate surface area is 95.6 Å². The summed E-state index contributed by atoms with van der Waals surface area (Å²) < 4.78 is 57.3. The lowest BCUT2D eigenvalue weighted by atomic mass is 9.88. The number of nitrogens with one attached hydrogen (secondary N) is 1. The van der Waals surface area contributed by atoms with Gasteiger partial charge in [-0.05, 0) is 0 Å². The third-order valence-corrected chi connectivity index (χ3v) is 2.70. The number of hydrogen-bond donors (Lipinski definition) is 1. The van der Waals surface area contributed by atoms with E-state index in [4.69, 9.17) is 4.74 Å². The van der Waals surface area contributed by atoms with Crippen molar-refractivity contribution in [2.75, 3.05) is 25.1 Å². The molecular weight excluding hydrogens is 238 g/mol. The molecule has 0 aliphatic carbocycles. The minimum atomic E-state index is -1.42. The fourth-order valence-corrected chi connectivity index (χ4v) is 1.58. The first-order valence-corrected chi connectivity index (χ1v) is 5.07. The van der Waals surface area contributed by atoms with Crippen LogP contribution in [0.5, 0.6) is 0 Å². The zero-order chi connectivity index (χ0) is 12.6. The molecule has 1 N–H and O–H groups in total. The summed E-state index contributed by atoms with van der Waals surface area (Å²) in [4.78, 5) is 0. The van der Waals surface area contributed by atoms with Crippen molar-refractivity contribution in [3.63, 3.8) is 0 Å². The summed E-state index contributed by atoms with van der Waals surface area (Å²) in [7, 11) is 0. The van der Waals surface area contributed by atoms with Crippen molar-refractivity contribution in [2.45, 2.75) is 6.92 Å². The van der Waals surface area contributed by atoms with Gasteiger partial charge in [-0.3, -0.25) is 0 Å². The van der Waals surface area contributed by atoms with Gasteiger partial charge >= 0.3 is 0 Å². The van der Waals surface area contributed by atoms with E-state index in [9.17, 15) is 17.6 Å². The maximum atomic E-state index is 13.3. The monoisotopic (exact) mass is 249 g/mol. The van der Waals surface area contributed by atoms with E-state index in [1.165, 1.54) is 0 Å². The number of hydrogen-bond acceptors (Lipinski definition) is 2. The molecule has 0 aromatic heterocycles. The van der Waals surface area contributed by atoms with Gasteiger partial charge in [-0.2, -0.15) is 0 Å². The van der Waals surface area contributed by atoms with Crippen molar-refractivity contribution in [2.24, 2.45) is 5.41 Å². The van der Waals surface area contributed by atoms with Crippen LogP contribution in [0.2, 0.25) is 0 Å². The van der Waals surface area contributed by atoms with Gasteiger partial charge in [0.2, 0.25) is 0 Å². The van der Waals surface area contributed by atoms with Gasteiger partial charge in [-0.15, -0.1) is 0 Å². The lowest BCUT2D eigenvalue weighted by Gasteiger charge is -2.38. The fourth-order valence-electron chi connectivity index (χ4n) is 1.58. The van der Waals surface area contributed by atoms with Crippen molar-refractivity contribution >= 4 is 5.69 Å². The molecule has 0 bridgehead atoms. The van der Waals surface area contributed by atoms with Crippen molar-refractivity contribution in [1.29, 1.82) is 0 Å². The molecule has 17 heavy (non-hydrogen) atoms. The lowest BCUT2D eigenvalue weighted by Crippen LogP contribution is -2.45. The van der Waals surface area contributed by atoms with Gasteiger partial charge in [0.25, 0.3) is 0 Å². The minimum absolute atomic E-state index is 0.184. The molecule has 1 aromatic carbocycles. The molecule has 0 amide bonds. The van der Waals surface area contributed by atoms with Crippen LogP contribution in [0.4, 0.5) is 23.2 Å². The Kier molecular flexibility index (Phi) is 2.99. The van der Waals surface area contributed by atoms with E-state index in [1.54, 1.807) is 0 Å². The van der Waals surface area contributed by atoms with Crippen molar-refractivity contribution in [1.82, 2.24) is 0 Å². The molecule has 2 rings (SSSR count). The topological polar surface area (TPSA) is 21.3 Å². The predicted octanol–water partition coefficient (Wildman–Crippen LogP) is 2.69. The van der Waals surface area contributed by atoms with Gasteiger partial charge in [-0.25, -0.2) is 17.6 Å². The first-order chi connectivity index (χ1) is 7.93. The van der Waals surface area contributed by atoms with Gasteiger partial charge in [0, 0.05) is 18.0 Å². The quantitative estimate of drug-likeness (QED) is 0.657. The third kappa shape index (κ3) is 2.22. The average Bonchev–Trinajstić information content (AvgIpc) is 2.24. The molecule has 1 heterocycles. The van der Waals surface area contributed by atoms with Gasteiger partial charge < -0.3 is 10.1 Å². The third-order valence-electron chi connectivity index (χ3n) is 2.70. The second-order valence-electron chi connectivity index (χ2n) is 4.50. The summed E-state index contributed by atoms with van der Waals surface area (Å²) in [5, 5.41) is 2.40. The van der Waals surface area contributed by atoms with E-state index in [2.05, 4.69) is 5.32 Å². The minimum Gasteiger partial charge on any atom is -0.380 e. The smallest absolute Gasteiger partial charge is 0.185 e. The predicted molar refractivity (Wildman–Crippen MR) is 53.7 cm³/mol. The molecule has 1 saturated heterocycles. The summed E-state index contributed by atoms with van der Waals surface area (Å²) >= 11 is 0. The van der Waals surface area contributed by atoms with Gasteiger partial charge in [0.15, 0.2) is 23.3 Å². The summed E-state index contributed by atoms with van der Waals surface area (Å²) in [6, 6.07) is 0.185. The summed E-state index contributed by atoms with van der Waals surface area (Å²) in [5.41, 5.74) is -1.03.